The minimum Gasteiger partial charge on any atom is -0.389 e. The molecule has 5 nitrogen and oxygen atoms in total. The highest BCUT2D eigenvalue weighted by molar-refractivity contribution is 7.80. The molecule has 13 heavy (non-hydrogen) atoms. The van der Waals surface area contributed by atoms with Gasteiger partial charge in [0.25, 0.3) is 0 Å². The largest absolute Gasteiger partial charge is 0.389 e. The van der Waals surface area contributed by atoms with Gasteiger partial charge in [-0.05, 0) is 0 Å². The molecule has 0 spiro atoms. The molecule has 2 aromatic heterocycles. The van der Waals surface area contributed by atoms with E-state index in [0.717, 1.165) is 0 Å². The SMILES string of the molecule is NC(=S)c1c[nH]c2ncnc(N)c12. The van der Waals surface area contributed by atoms with E-state index in [-0.39, 0.29) is 4.99 Å². The van der Waals surface area contributed by atoms with Crippen LogP contribution in [0.3, 0.4) is 0 Å². The van der Waals surface area contributed by atoms with Crippen molar-refractivity contribution < 1.29 is 0 Å². The Morgan fingerprint density at radius 3 is 2.92 bits per heavy atom. The number of fused-ring (bicyclic) bond motifs is 1. The van der Waals surface area contributed by atoms with Crippen LogP contribution >= 0.6 is 12.2 Å². The molecule has 0 bridgehead atoms. The van der Waals surface area contributed by atoms with Crippen molar-refractivity contribution in [1.29, 1.82) is 0 Å². The van der Waals surface area contributed by atoms with Crippen molar-refractivity contribution in [1.82, 2.24) is 15.0 Å². The second kappa shape index (κ2) is 2.67. The van der Waals surface area contributed by atoms with E-state index in [1.165, 1.54) is 6.33 Å². The summed E-state index contributed by atoms with van der Waals surface area (Å²) in [5.41, 5.74) is 12.5. The predicted octanol–water partition coefficient (Wildman–Crippen LogP) is 0.174. The fraction of sp³-hybridized carbons (Fsp3) is 0. The fourth-order valence-corrected chi connectivity index (χ4v) is 1.34. The van der Waals surface area contributed by atoms with Gasteiger partial charge in [0.15, 0.2) is 0 Å². The summed E-state index contributed by atoms with van der Waals surface area (Å²) in [5, 5.41) is 0.690. The second-order valence-electron chi connectivity index (χ2n) is 2.55. The predicted molar refractivity (Wildman–Crippen MR) is 54.2 cm³/mol. The summed E-state index contributed by atoms with van der Waals surface area (Å²) in [6.07, 6.45) is 3.07. The van der Waals surface area contributed by atoms with Crippen LogP contribution in [0.25, 0.3) is 11.0 Å². The fourth-order valence-electron chi connectivity index (χ4n) is 1.18. The number of nitrogens with zero attached hydrogens (tertiary/aromatic N) is 2. The Morgan fingerprint density at radius 2 is 2.23 bits per heavy atom. The number of rotatable bonds is 1. The zero-order chi connectivity index (χ0) is 9.42. The van der Waals surface area contributed by atoms with E-state index in [2.05, 4.69) is 15.0 Å². The molecule has 0 aromatic carbocycles. The number of hydrogen-bond donors (Lipinski definition) is 3. The topological polar surface area (TPSA) is 93.6 Å². The quantitative estimate of drug-likeness (QED) is 0.561. The van der Waals surface area contributed by atoms with Crippen LogP contribution in [-0.4, -0.2) is 19.9 Å². The van der Waals surface area contributed by atoms with Gasteiger partial charge in [-0.2, -0.15) is 0 Å². The maximum Gasteiger partial charge on any atom is 0.143 e. The number of hydrogen-bond acceptors (Lipinski definition) is 4. The summed E-state index contributed by atoms with van der Waals surface area (Å²) in [6, 6.07) is 0. The standard InChI is InChI=1S/C7H7N5S/c8-5-4-3(6(9)13)1-10-7(4)12-2-11-5/h1-2H,(H2,9,13)(H3,8,10,11,12). The van der Waals surface area contributed by atoms with Crippen LogP contribution in [-0.2, 0) is 0 Å². The molecule has 66 valence electrons. The normalized spacial score (nSPS) is 10.5. The van der Waals surface area contributed by atoms with Gasteiger partial charge in [0.2, 0.25) is 0 Å². The van der Waals surface area contributed by atoms with Gasteiger partial charge >= 0.3 is 0 Å². The van der Waals surface area contributed by atoms with Crippen LogP contribution in [0.4, 0.5) is 5.82 Å². The molecule has 0 fully saturated rings. The molecule has 0 aliphatic rings. The van der Waals surface area contributed by atoms with Gasteiger partial charge in [-0.3, -0.25) is 0 Å². The highest BCUT2D eigenvalue weighted by atomic mass is 32.1. The number of nitrogen functional groups attached to an aromatic ring is 1. The first kappa shape index (κ1) is 7.93. The van der Waals surface area contributed by atoms with E-state index in [9.17, 15) is 0 Å². The number of nitrogens with two attached hydrogens (primary N) is 2. The smallest absolute Gasteiger partial charge is 0.143 e. The number of aromatic amines is 1. The highest BCUT2D eigenvalue weighted by Crippen LogP contribution is 2.20. The van der Waals surface area contributed by atoms with Gasteiger partial charge in [-0.15, -0.1) is 0 Å². The highest BCUT2D eigenvalue weighted by Gasteiger charge is 2.09. The third kappa shape index (κ3) is 1.11. The number of H-pyrrole nitrogens is 1. The molecule has 0 unspecified atom stereocenters. The molecule has 5 N–H and O–H groups in total. The molecule has 0 aliphatic carbocycles. The molecule has 6 heteroatoms. The summed E-state index contributed by atoms with van der Waals surface area (Å²) in [7, 11) is 0. The molecule has 0 radical (unpaired) electrons. The summed E-state index contributed by atoms with van der Waals surface area (Å²) < 4.78 is 0. The average Bonchev–Trinajstić information content (AvgIpc) is 2.49. The first-order valence-corrected chi connectivity index (χ1v) is 3.98. The van der Waals surface area contributed by atoms with E-state index in [4.69, 9.17) is 23.7 Å². The van der Waals surface area contributed by atoms with Crippen molar-refractivity contribution in [3.05, 3.63) is 18.1 Å². The van der Waals surface area contributed by atoms with Crippen LogP contribution < -0.4 is 11.5 Å². The molecule has 0 saturated carbocycles. The lowest BCUT2D eigenvalue weighted by atomic mass is 10.2. The number of anilines is 1. The molecular weight excluding hydrogens is 186 g/mol. The van der Waals surface area contributed by atoms with E-state index in [1.54, 1.807) is 6.20 Å². The molecular formula is C7H7N5S. The Hall–Kier alpha value is -1.69. The third-order valence-electron chi connectivity index (χ3n) is 1.76. The van der Waals surface area contributed by atoms with Gasteiger partial charge in [-0.25, -0.2) is 9.97 Å². The van der Waals surface area contributed by atoms with Crippen LogP contribution in [0.5, 0.6) is 0 Å². The minimum atomic E-state index is 0.285. The molecule has 0 aliphatic heterocycles. The second-order valence-corrected chi connectivity index (χ2v) is 2.99. The Morgan fingerprint density at radius 1 is 1.46 bits per heavy atom. The molecule has 2 heterocycles. The van der Waals surface area contributed by atoms with Gasteiger partial charge in [-0.1, -0.05) is 12.2 Å². The summed E-state index contributed by atoms with van der Waals surface area (Å²) >= 11 is 4.85. The van der Waals surface area contributed by atoms with Crippen molar-refractivity contribution >= 4 is 34.1 Å². The Bertz CT molecular complexity index is 475. The summed E-state index contributed by atoms with van der Waals surface area (Å²) in [4.78, 5) is 11.0. The van der Waals surface area contributed by atoms with Crippen molar-refractivity contribution in [2.45, 2.75) is 0 Å². The van der Waals surface area contributed by atoms with Crippen LogP contribution in [0.15, 0.2) is 12.5 Å². The van der Waals surface area contributed by atoms with Crippen molar-refractivity contribution in [2.75, 3.05) is 5.73 Å². The molecule has 0 atom stereocenters. The number of aromatic nitrogens is 3. The number of nitrogens with one attached hydrogen (secondary N) is 1. The van der Waals surface area contributed by atoms with Crippen molar-refractivity contribution in [3.8, 4) is 0 Å². The Kier molecular flexibility index (Phi) is 1.63. The average molecular weight is 193 g/mol. The maximum absolute atomic E-state index is 5.65. The first-order valence-electron chi connectivity index (χ1n) is 3.57. The van der Waals surface area contributed by atoms with Crippen molar-refractivity contribution in [2.24, 2.45) is 5.73 Å². The minimum absolute atomic E-state index is 0.285. The van der Waals surface area contributed by atoms with E-state index >= 15 is 0 Å². The van der Waals surface area contributed by atoms with Crippen LogP contribution in [0, 0.1) is 0 Å². The van der Waals surface area contributed by atoms with Gasteiger partial charge in [0.05, 0.1) is 5.39 Å². The zero-order valence-corrected chi connectivity index (χ0v) is 7.43. The van der Waals surface area contributed by atoms with Crippen LogP contribution in [0.2, 0.25) is 0 Å². The van der Waals surface area contributed by atoms with E-state index in [1.807, 2.05) is 0 Å². The lowest BCUT2D eigenvalue weighted by molar-refractivity contribution is 1.21. The first-order chi connectivity index (χ1) is 6.20. The van der Waals surface area contributed by atoms with Gasteiger partial charge in [0, 0.05) is 11.8 Å². The maximum atomic E-state index is 5.65. The van der Waals surface area contributed by atoms with Gasteiger partial charge < -0.3 is 16.5 Å². The molecule has 0 amide bonds. The number of thiocarbonyl (C=S) groups is 1. The van der Waals surface area contributed by atoms with Crippen molar-refractivity contribution in [3.63, 3.8) is 0 Å². The Balaban J connectivity index is 2.86. The summed E-state index contributed by atoms with van der Waals surface area (Å²) in [6.45, 7) is 0. The van der Waals surface area contributed by atoms with Crippen LogP contribution in [0.1, 0.15) is 5.56 Å². The van der Waals surface area contributed by atoms with E-state index < -0.39 is 0 Å². The monoisotopic (exact) mass is 193 g/mol. The lowest BCUT2D eigenvalue weighted by Crippen LogP contribution is -2.09. The molecule has 2 aromatic rings. The summed E-state index contributed by atoms with van der Waals surface area (Å²) in [5.74, 6) is 0.383. The molecule has 2 rings (SSSR count). The zero-order valence-electron chi connectivity index (χ0n) is 6.61. The van der Waals surface area contributed by atoms with E-state index in [0.29, 0.717) is 22.4 Å². The Labute approximate surface area is 79.2 Å². The third-order valence-corrected chi connectivity index (χ3v) is 1.98. The lowest BCUT2D eigenvalue weighted by Gasteiger charge is -1.96. The molecule has 0 saturated heterocycles. The van der Waals surface area contributed by atoms with Gasteiger partial charge in [0.1, 0.15) is 22.8 Å².